The molecule has 0 saturated heterocycles. The molecule has 0 unspecified atom stereocenters. The van der Waals surface area contributed by atoms with Crippen LogP contribution in [0.25, 0.3) is 5.69 Å². The summed E-state index contributed by atoms with van der Waals surface area (Å²) in [6, 6.07) is 8.50. The molecule has 1 heterocycles. The van der Waals surface area contributed by atoms with E-state index in [0.717, 1.165) is 17.8 Å². The van der Waals surface area contributed by atoms with Crippen LogP contribution in [0.15, 0.2) is 24.3 Å². The predicted octanol–water partition coefficient (Wildman–Crippen LogP) is 3.32. The molecular weight excluding hydrogens is 236 g/mol. The number of benzene rings is 1. The Morgan fingerprint density at radius 3 is 2.47 bits per heavy atom. The molecule has 2 aromatic rings. The van der Waals surface area contributed by atoms with E-state index in [1.54, 1.807) is 0 Å². The van der Waals surface area contributed by atoms with E-state index in [4.69, 9.17) is 5.73 Å². The maximum absolute atomic E-state index is 5.88. The van der Waals surface area contributed by atoms with Gasteiger partial charge in [0.05, 0.1) is 11.4 Å². The molecule has 1 aromatic heterocycles. The minimum atomic E-state index is 0.301. The predicted molar refractivity (Wildman–Crippen MR) is 78.5 cm³/mol. The number of aryl methyl sites for hydroxylation is 1. The average Bonchev–Trinajstić information content (AvgIpc) is 2.79. The molecular formula is C15H22N4. The van der Waals surface area contributed by atoms with Crippen LogP contribution < -0.4 is 5.73 Å². The first-order valence-corrected chi connectivity index (χ1v) is 6.93. The number of aromatic nitrogens is 3. The number of nitrogen functional groups attached to an aromatic ring is 1. The second-order valence-corrected chi connectivity index (χ2v) is 5.20. The van der Waals surface area contributed by atoms with E-state index in [9.17, 15) is 0 Å². The summed E-state index contributed by atoms with van der Waals surface area (Å²) in [6.45, 7) is 6.41. The van der Waals surface area contributed by atoms with Crippen molar-refractivity contribution in [2.75, 3.05) is 5.73 Å². The van der Waals surface area contributed by atoms with Gasteiger partial charge in [0, 0.05) is 0 Å². The highest BCUT2D eigenvalue weighted by atomic mass is 15.4. The Hall–Kier alpha value is -1.84. The van der Waals surface area contributed by atoms with Gasteiger partial charge < -0.3 is 5.73 Å². The number of rotatable bonds is 5. The van der Waals surface area contributed by atoms with Crippen molar-refractivity contribution in [1.82, 2.24) is 15.0 Å². The highest BCUT2D eigenvalue weighted by Gasteiger charge is 2.14. The largest absolute Gasteiger partial charge is 0.381 e. The Kier molecular flexibility index (Phi) is 4.20. The van der Waals surface area contributed by atoms with E-state index in [1.807, 2.05) is 4.68 Å². The third-order valence-corrected chi connectivity index (χ3v) is 3.28. The van der Waals surface area contributed by atoms with E-state index in [0.29, 0.717) is 11.7 Å². The number of hydrogen-bond donors (Lipinski definition) is 1. The smallest absolute Gasteiger partial charge is 0.169 e. The van der Waals surface area contributed by atoms with Crippen LogP contribution in [-0.4, -0.2) is 15.0 Å². The fourth-order valence-electron chi connectivity index (χ4n) is 2.22. The first-order chi connectivity index (χ1) is 9.13. The van der Waals surface area contributed by atoms with Gasteiger partial charge >= 0.3 is 0 Å². The van der Waals surface area contributed by atoms with Crippen molar-refractivity contribution >= 4 is 5.82 Å². The van der Waals surface area contributed by atoms with Gasteiger partial charge in [0.2, 0.25) is 0 Å². The van der Waals surface area contributed by atoms with E-state index in [1.165, 1.54) is 18.4 Å². The Labute approximate surface area is 114 Å². The summed E-state index contributed by atoms with van der Waals surface area (Å²) in [4.78, 5) is 0. The van der Waals surface area contributed by atoms with Crippen molar-refractivity contribution in [2.45, 2.75) is 46.0 Å². The Bertz CT molecular complexity index is 526. The monoisotopic (exact) mass is 258 g/mol. The molecule has 0 atom stereocenters. The van der Waals surface area contributed by atoms with Gasteiger partial charge in [0.15, 0.2) is 5.82 Å². The second kappa shape index (κ2) is 5.87. The van der Waals surface area contributed by atoms with Gasteiger partial charge in [-0.3, -0.25) is 0 Å². The van der Waals surface area contributed by atoms with Crippen LogP contribution in [0.4, 0.5) is 5.82 Å². The molecule has 0 saturated carbocycles. The lowest BCUT2D eigenvalue weighted by atomic mass is 10.1. The lowest BCUT2D eigenvalue weighted by Gasteiger charge is -2.10. The van der Waals surface area contributed by atoms with Crippen molar-refractivity contribution < 1.29 is 0 Å². The summed E-state index contributed by atoms with van der Waals surface area (Å²) in [6.07, 6.45) is 3.58. The van der Waals surface area contributed by atoms with E-state index in [2.05, 4.69) is 55.3 Å². The number of nitrogens with zero attached hydrogens (tertiary/aromatic N) is 3. The molecule has 4 nitrogen and oxygen atoms in total. The molecule has 0 radical (unpaired) electrons. The first kappa shape index (κ1) is 13.6. The minimum absolute atomic E-state index is 0.301. The van der Waals surface area contributed by atoms with Gasteiger partial charge in [-0.25, -0.2) is 4.68 Å². The molecule has 0 aliphatic rings. The molecule has 4 heteroatoms. The molecule has 2 rings (SSSR count). The SMILES string of the molecule is CCCCc1ccc(-n2nnc(N)c2C(C)C)cc1. The summed E-state index contributed by atoms with van der Waals surface area (Å²) >= 11 is 0. The maximum atomic E-state index is 5.88. The van der Waals surface area contributed by atoms with Crippen LogP contribution in [0, 0.1) is 0 Å². The third-order valence-electron chi connectivity index (χ3n) is 3.28. The average molecular weight is 258 g/mol. The van der Waals surface area contributed by atoms with Crippen LogP contribution >= 0.6 is 0 Å². The van der Waals surface area contributed by atoms with Crippen molar-refractivity contribution in [3.63, 3.8) is 0 Å². The van der Waals surface area contributed by atoms with Gasteiger partial charge in [0.25, 0.3) is 0 Å². The fraction of sp³-hybridized carbons (Fsp3) is 0.467. The lowest BCUT2D eigenvalue weighted by Crippen LogP contribution is -2.05. The summed E-state index contributed by atoms with van der Waals surface area (Å²) in [7, 11) is 0. The van der Waals surface area contributed by atoms with Gasteiger partial charge in [-0.1, -0.05) is 44.5 Å². The summed E-state index contributed by atoms with van der Waals surface area (Å²) < 4.78 is 1.84. The molecule has 1 aromatic carbocycles. The topological polar surface area (TPSA) is 56.7 Å². The highest BCUT2D eigenvalue weighted by Crippen LogP contribution is 2.22. The van der Waals surface area contributed by atoms with Crippen LogP contribution in [0.1, 0.15) is 50.8 Å². The zero-order chi connectivity index (χ0) is 13.8. The fourth-order valence-corrected chi connectivity index (χ4v) is 2.22. The molecule has 0 fully saturated rings. The number of anilines is 1. The summed E-state index contributed by atoms with van der Waals surface area (Å²) in [5.41, 5.74) is 9.24. The van der Waals surface area contributed by atoms with Crippen LogP contribution in [0.2, 0.25) is 0 Å². The van der Waals surface area contributed by atoms with Gasteiger partial charge in [-0.15, -0.1) is 5.10 Å². The van der Waals surface area contributed by atoms with Gasteiger partial charge in [-0.2, -0.15) is 0 Å². The molecule has 0 spiro atoms. The highest BCUT2D eigenvalue weighted by molar-refractivity contribution is 5.43. The van der Waals surface area contributed by atoms with Crippen molar-refractivity contribution in [2.24, 2.45) is 0 Å². The molecule has 102 valence electrons. The van der Waals surface area contributed by atoms with Crippen molar-refractivity contribution in [3.05, 3.63) is 35.5 Å². The zero-order valence-electron chi connectivity index (χ0n) is 11.9. The Balaban J connectivity index is 2.27. The standard InChI is InChI=1S/C15H22N4/c1-4-5-6-12-7-9-13(10-8-12)19-14(11(2)3)15(16)17-18-19/h7-11H,4-6,16H2,1-3H3. The van der Waals surface area contributed by atoms with E-state index in [-0.39, 0.29) is 0 Å². The second-order valence-electron chi connectivity index (χ2n) is 5.20. The van der Waals surface area contributed by atoms with E-state index < -0.39 is 0 Å². The number of unbranched alkanes of at least 4 members (excludes halogenated alkanes) is 1. The van der Waals surface area contributed by atoms with Crippen LogP contribution in [-0.2, 0) is 6.42 Å². The molecule has 0 aliphatic heterocycles. The van der Waals surface area contributed by atoms with Crippen LogP contribution in [0.3, 0.4) is 0 Å². The molecule has 19 heavy (non-hydrogen) atoms. The van der Waals surface area contributed by atoms with Crippen molar-refractivity contribution in [3.8, 4) is 5.69 Å². The third kappa shape index (κ3) is 2.95. The maximum Gasteiger partial charge on any atom is 0.169 e. The molecule has 2 N–H and O–H groups in total. The Morgan fingerprint density at radius 2 is 1.89 bits per heavy atom. The Morgan fingerprint density at radius 1 is 1.21 bits per heavy atom. The lowest BCUT2D eigenvalue weighted by molar-refractivity contribution is 0.715. The van der Waals surface area contributed by atoms with Crippen LogP contribution in [0.5, 0.6) is 0 Å². The first-order valence-electron chi connectivity index (χ1n) is 6.93. The molecule has 0 amide bonds. The summed E-state index contributed by atoms with van der Waals surface area (Å²) in [5, 5.41) is 8.12. The minimum Gasteiger partial charge on any atom is -0.381 e. The van der Waals surface area contributed by atoms with Gasteiger partial charge in [0.1, 0.15) is 0 Å². The molecule has 0 bridgehead atoms. The normalized spacial score (nSPS) is 11.2. The van der Waals surface area contributed by atoms with E-state index >= 15 is 0 Å². The summed E-state index contributed by atoms with van der Waals surface area (Å²) in [5.74, 6) is 0.819. The number of nitrogens with two attached hydrogens (primary N) is 1. The molecule has 0 aliphatic carbocycles. The van der Waals surface area contributed by atoms with Gasteiger partial charge in [-0.05, 0) is 36.5 Å². The van der Waals surface area contributed by atoms with Crippen molar-refractivity contribution in [1.29, 1.82) is 0 Å². The zero-order valence-corrected chi connectivity index (χ0v) is 11.9. The quantitative estimate of drug-likeness (QED) is 0.895. The number of hydrogen-bond acceptors (Lipinski definition) is 3.